The fourth-order valence-corrected chi connectivity index (χ4v) is 5.76. The zero-order valence-corrected chi connectivity index (χ0v) is 12.4. The first kappa shape index (κ1) is 12.0. The van der Waals surface area contributed by atoms with Crippen LogP contribution in [0, 0.1) is 24.0 Å². The quantitative estimate of drug-likeness (QED) is 0.622. The average molecular weight is 272 g/mol. The van der Waals surface area contributed by atoms with Gasteiger partial charge in [-0.25, -0.2) is 0 Å². The molecule has 2 unspecified atom stereocenters. The van der Waals surface area contributed by atoms with E-state index in [-0.39, 0.29) is 5.41 Å². The van der Waals surface area contributed by atoms with Gasteiger partial charge in [-0.1, -0.05) is 37.1 Å². The molecule has 0 N–H and O–H groups in total. The van der Waals surface area contributed by atoms with Crippen LogP contribution in [0.4, 0.5) is 0 Å². The molecule has 2 atom stereocenters. The maximum atomic E-state index is 3.38. The van der Waals surface area contributed by atoms with Crippen molar-refractivity contribution in [1.82, 2.24) is 0 Å². The second kappa shape index (κ2) is 4.22. The van der Waals surface area contributed by atoms with Gasteiger partial charge < -0.3 is 0 Å². The maximum Gasteiger partial charge on any atom is 0.0271 e. The summed E-state index contributed by atoms with van der Waals surface area (Å²) in [5.74, 6) is 1.66. The van der Waals surface area contributed by atoms with Crippen LogP contribution in [0.25, 0.3) is 11.1 Å². The molecule has 2 radical (unpaired) electrons. The largest absolute Gasteiger partial charge is 0.0537 e. The average Bonchev–Trinajstić information content (AvgIpc) is 2.94. The Morgan fingerprint density at radius 3 is 1.81 bits per heavy atom. The minimum atomic E-state index is 0.288. The van der Waals surface area contributed by atoms with Gasteiger partial charge in [0.15, 0.2) is 0 Å². The van der Waals surface area contributed by atoms with Crippen molar-refractivity contribution in [3.63, 3.8) is 0 Å². The summed E-state index contributed by atoms with van der Waals surface area (Å²) in [6.07, 6.45) is 8.46. The molecule has 104 valence electrons. The number of hydrogen-bond donors (Lipinski definition) is 0. The van der Waals surface area contributed by atoms with Gasteiger partial charge >= 0.3 is 0 Å². The molecule has 3 aliphatic rings. The highest BCUT2D eigenvalue weighted by Crippen LogP contribution is 2.64. The summed E-state index contributed by atoms with van der Waals surface area (Å²) in [4.78, 5) is 0. The van der Waals surface area contributed by atoms with Gasteiger partial charge in [-0.2, -0.15) is 0 Å². The Morgan fingerprint density at radius 2 is 1.29 bits per heavy atom. The van der Waals surface area contributed by atoms with Crippen LogP contribution in [0.1, 0.15) is 49.7 Å². The third kappa shape index (κ3) is 1.36. The van der Waals surface area contributed by atoms with Crippen molar-refractivity contribution in [2.75, 3.05) is 0 Å². The minimum Gasteiger partial charge on any atom is -0.0537 e. The van der Waals surface area contributed by atoms with Crippen LogP contribution in [-0.2, 0) is 5.41 Å². The monoisotopic (exact) mass is 272 g/mol. The number of hydrogen-bond acceptors (Lipinski definition) is 0. The Morgan fingerprint density at radius 1 is 0.762 bits per heavy atom. The van der Waals surface area contributed by atoms with E-state index in [1.807, 2.05) is 0 Å². The fourth-order valence-electron chi connectivity index (χ4n) is 5.76. The third-order valence-corrected chi connectivity index (χ3v) is 6.42. The molecular formula is C21H20. The third-order valence-electron chi connectivity index (χ3n) is 6.42. The topological polar surface area (TPSA) is 0 Å². The Kier molecular flexibility index (Phi) is 2.42. The summed E-state index contributed by atoms with van der Waals surface area (Å²) in [7, 11) is 0. The van der Waals surface area contributed by atoms with Crippen LogP contribution in [0.3, 0.4) is 0 Å². The van der Waals surface area contributed by atoms with Gasteiger partial charge in [0, 0.05) is 5.41 Å². The molecule has 2 aromatic rings. The normalized spacial score (nSPS) is 28.2. The smallest absolute Gasteiger partial charge is 0.0271 e. The molecule has 0 heterocycles. The molecule has 1 spiro atoms. The highest BCUT2D eigenvalue weighted by atomic mass is 14.6. The van der Waals surface area contributed by atoms with E-state index in [4.69, 9.17) is 0 Å². The molecule has 0 aromatic heterocycles. The Hall–Kier alpha value is -1.56. The number of rotatable bonds is 0. The fraction of sp³-hybridized carbons (Fsp3) is 0.429. The standard InChI is InChI=1S/C21H20/c1-2-8-16-14-13-15(7-1)21(16)19-11-5-3-9-17(19)18-10-4-6-12-20(18)21/h3-4,9-12,15-16H,1-2,7-8,13-14H2. The van der Waals surface area contributed by atoms with Crippen LogP contribution in [0.2, 0.25) is 0 Å². The van der Waals surface area contributed by atoms with E-state index in [0.29, 0.717) is 0 Å². The van der Waals surface area contributed by atoms with E-state index in [2.05, 4.69) is 48.5 Å². The van der Waals surface area contributed by atoms with Gasteiger partial charge in [0.2, 0.25) is 0 Å². The second-order valence-electron chi connectivity index (χ2n) is 7.07. The van der Waals surface area contributed by atoms with Gasteiger partial charge in [-0.05, 0) is 84.0 Å². The first-order valence-electron chi connectivity index (χ1n) is 8.44. The van der Waals surface area contributed by atoms with Gasteiger partial charge in [-0.15, -0.1) is 0 Å². The molecule has 2 bridgehead atoms. The molecule has 0 nitrogen and oxygen atoms in total. The summed E-state index contributed by atoms with van der Waals surface area (Å²) in [6, 6.07) is 20.1. The van der Waals surface area contributed by atoms with E-state index in [1.54, 1.807) is 11.1 Å². The zero-order valence-electron chi connectivity index (χ0n) is 12.4. The Bertz CT molecular complexity index is 635. The van der Waals surface area contributed by atoms with Gasteiger partial charge in [-0.3, -0.25) is 0 Å². The lowest BCUT2D eigenvalue weighted by Gasteiger charge is -2.38. The molecule has 0 heteroatoms. The second-order valence-corrected chi connectivity index (χ2v) is 7.07. The van der Waals surface area contributed by atoms with Crippen molar-refractivity contribution < 1.29 is 0 Å². The van der Waals surface area contributed by atoms with Gasteiger partial charge in [0.1, 0.15) is 0 Å². The molecule has 0 amide bonds. The van der Waals surface area contributed by atoms with E-state index in [1.165, 1.54) is 49.7 Å². The summed E-state index contributed by atoms with van der Waals surface area (Å²) in [5.41, 5.74) is 6.38. The first-order chi connectivity index (χ1) is 10.4. The SMILES string of the molecule is [c]1ccc2c(c1)C1(c3c[c]ccc3-2)C2CCCCC1CC2. The van der Waals surface area contributed by atoms with Crippen molar-refractivity contribution in [3.8, 4) is 11.1 Å². The van der Waals surface area contributed by atoms with Crippen molar-refractivity contribution >= 4 is 0 Å². The summed E-state index contributed by atoms with van der Waals surface area (Å²) in [5, 5.41) is 0. The molecule has 5 rings (SSSR count). The van der Waals surface area contributed by atoms with Crippen LogP contribution in [0.15, 0.2) is 36.4 Å². The highest BCUT2D eigenvalue weighted by molar-refractivity contribution is 5.81. The van der Waals surface area contributed by atoms with E-state index >= 15 is 0 Å². The van der Waals surface area contributed by atoms with Crippen LogP contribution in [-0.4, -0.2) is 0 Å². The molecule has 21 heavy (non-hydrogen) atoms. The van der Waals surface area contributed by atoms with Crippen LogP contribution < -0.4 is 0 Å². The van der Waals surface area contributed by atoms with Gasteiger partial charge in [0.25, 0.3) is 0 Å². The van der Waals surface area contributed by atoms with Crippen LogP contribution >= 0.6 is 0 Å². The lowest BCUT2D eigenvalue weighted by Crippen LogP contribution is -2.35. The molecule has 0 aliphatic heterocycles. The summed E-state index contributed by atoms with van der Waals surface area (Å²) >= 11 is 0. The van der Waals surface area contributed by atoms with E-state index in [9.17, 15) is 0 Å². The molecule has 2 saturated carbocycles. The highest BCUT2D eigenvalue weighted by Gasteiger charge is 2.56. The molecular weight excluding hydrogens is 252 g/mol. The summed E-state index contributed by atoms with van der Waals surface area (Å²) in [6.45, 7) is 0. The van der Waals surface area contributed by atoms with Crippen molar-refractivity contribution in [1.29, 1.82) is 0 Å². The van der Waals surface area contributed by atoms with Crippen LogP contribution in [0.5, 0.6) is 0 Å². The molecule has 2 fully saturated rings. The zero-order chi connectivity index (χ0) is 13.9. The van der Waals surface area contributed by atoms with Crippen molar-refractivity contribution in [3.05, 3.63) is 59.7 Å². The van der Waals surface area contributed by atoms with E-state index in [0.717, 1.165) is 11.8 Å². The predicted octanol–water partition coefficient (Wildman–Crippen LogP) is 5.15. The molecule has 0 saturated heterocycles. The molecule has 2 aromatic carbocycles. The lowest BCUT2D eigenvalue weighted by atomic mass is 9.65. The Labute approximate surface area is 127 Å². The lowest BCUT2D eigenvalue weighted by molar-refractivity contribution is 0.307. The number of benzene rings is 2. The first-order valence-corrected chi connectivity index (χ1v) is 8.44. The van der Waals surface area contributed by atoms with Crippen molar-refractivity contribution in [2.45, 2.75) is 43.9 Å². The van der Waals surface area contributed by atoms with Gasteiger partial charge in [0.05, 0.1) is 0 Å². The Balaban J connectivity index is 1.87. The predicted molar refractivity (Wildman–Crippen MR) is 85.0 cm³/mol. The number of fused-ring (bicyclic) bond motifs is 3. The van der Waals surface area contributed by atoms with E-state index < -0.39 is 0 Å². The van der Waals surface area contributed by atoms with Crippen molar-refractivity contribution in [2.24, 2.45) is 11.8 Å². The minimum absolute atomic E-state index is 0.288. The summed E-state index contributed by atoms with van der Waals surface area (Å²) < 4.78 is 0. The maximum absolute atomic E-state index is 3.38. The molecule has 3 aliphatic carbocycles.